The van der Waals surface area contributed by atoms with Gasteiger partial charge in [-0.05, 0) is 67.9 Å². The minimum atomic E-state index is -3.76. The van der Waals surface area contributed by atoms with Crippen LogP contribution in [0.25, 0.3) is 0 Å². The molecule has 0 spiro atoms. The second kappa shape index (κ2) is 9.06. The predicted molar refractivity (Wildman–Crippen MR) is 126 cm³/mol. The van der Waals surface area contributed by atoms with Crippen LogP contribution < -0.4 is 9.46 Å². The van der Waals surface area contributed by atoms with E-state index < -0.39 is 10.0 Å². The number of hydrogen-bond acceptors (Lipinski definition) is 4. The molecule has 0 atom stereocenters. The highest BCUT2D eigenvalue weighted by Gasteiger charge is 2.20. The van der Waals surface area contributed by atoms with Crippen LogP contribution in [0.3, 0.4) is 0 Å². The Balaban J connectivity index is 1.55. The van der Waals surface area contributed by atoms with Crippen LogP contribution >= 0.6 is 11.6 Å². The maximum atomic E-state index is 12.8. The van der Waals surface area contributed by atoms with E-state index >= 15 is 0 Å². The average molecular weight is 468 g/mol. The lowest BCUT2D eigenvalue weighted by Gasteiger charge is -2.10. The van der Waals surface area contributed by atoms with E-state index in [1.165, 1.54) is 12.1 Å². The molecule has 0 saturated heterocycles. The summed E-state index contributed by atoms with van der Waals surface area (Å²) in [4.78, 5) is 0.138. The Labute approximate surface area is 192 Å². The molecule has 6 nitrogen and oxygen atoms in total. The third-order valence-electron chi connectivity index (χ3n) is 4.95. The van der Waals surface area contributed by atoms with Crippen molar-refractivity contribution in [1.82, 2.24) is 9.78 Å². The topological polar surface area (TPSA) is 73.2 Å². The number of aryl methyl sites for hydroxylation is 1. The van der Waals surface area contributed by atoms with Crippen molar-refractivity contribution in [3.63, 3.8) is 0 Å². The van der Waals surface area contributed by atoms with E-state index in [4.69, 9.17) is 16.3 Å². The summed E-state index contributed by atoms with van der Waals surface area (Å²) in [6, 6.07) is 23.3. The summed E-state index contributed by atoms with van der Waals surface area (Å²) in [5, 5.41) is 5.01. The molecule has 3 aromatic carbocycles. The Morgan fingerprint density at radius 2 is 1.62 bits per heavy atom. The molecule has 32 heavy (non-hydrogen) atoms. The molecule has 0 aliphatic carbocycles. The Bertz CT molecular complexity index is 1330. The molecular formula is C24H22ClN3O3S. The van der Waals surface area contributed by atoms with E-state index in [0.717, 1.165) is 22.8 Å². The van der Waals surface area contributed by atoms with Crippen molar-refractivity contribution in [1.29, 1.82) is 0 Å². The van der Waals surface area contributed by atoms with Crippen molar-refractivity contribution < 1.29 is 13.2 Å². The van der Waals surface area contributed by atoms with Gasteiger partial charge in [0, 0.05) is 5.02 Å². The molecule has 0 bridgehead atoms. The molecule has 1 heterocycles. The van der Waals surface area contributed by atoms with E-state index in [1.807, 2.05) is 61.5 Å². The van der Waals surface area contributed by atoms with Crippen molar-refractivity contribution in [3.8, 4) is 11.5 Å². The average Bonchev–Trinajstić information content (AvgIpc) is 3.02. The van der Waals surface area contributed by atoms with Gasteiger partial charge >= 0.3 is 0 Å². The SMILES string of the molecule is Cc1nn(Cc2cccc(Oc3ccccc3)c2)c(C)c1NS(=O)(=O)c1ccc(Cl)cc1. The molecular weight excluding hydrogens is 446 g/mol. The van der Waals surface area contributed by atoms with Crippen LogP contribution in [-0.4, -0.2) is 18.2 Å². The first-order valence-electron chi connectivity index (χ1n) is 9.96. The minimum absolute atomic E-state index is 0.138. The van der Waals surface area contributed by atoms with Crippen molar-refractivity contribution in [3.05, 3.63) is 101 Å². The fourth-order valence-corrected chi connectivity index (χ4v) is 4.61. The molecule has 0 fully saturated rings. The van der Waals surface area contributed by atoms with Gasteiger partial charge in [-0.2, -0.15) is 5.10 Å². The summed E-state index contributed by atoms with van der Waals surface area (Å²) < 4.78 is 35.9. The lowest BCUT2D eigenvalue weighted by Crippen LogP contribution is -2.14. The predicted octanol–water partition coefficient (Wildman–Crippen LogP) is 5.79. The molecule has 164 valence electrons. The molecule has 1 N–H and O–H groups in total. The summed E-state index contributed by atoms with van der Waals surface area (Å²) in [7, 11) is -3.76. The number of aromatic nitrogens is 2. The Morgan fingerprint density at radius 3 is 2.34 bits per heavy atom. The second-order valence-corrected chi connectivity index (χ2v) is 9.44. The quantitative estimate of drug-likeness (QED) is 0.373. The number of rotatable bonds is 7. The Hall–Kier alpha value is -3.29. The van der Waals surface area contributed by atoms with Gasteiger partial charge in [0.2, 0.25) is 0 Å². The van der Waals surface area contributed by atoms with E-state index in [-0.39, 0.29) is 4.90 Å². The van der Waals surface area contributed by atoms with Crippen LogP contribution in [0.1, 0.15) is 17.0 Å². The highest BCUT2D eigenvalue weighted by Crippen LogP contribution is 2.26. The zero-order chi connectivity index (χ0) is 22.7. The van der Waals surface area contributed by atoms with E-state index in [9.17, 15) is 8.42 Å². The monoisotopic (exact) mass is 467 g/mol. The standard InChI is InChI=1S/C24H22ClN3O3S/c1-17-24(27-32(29,30)23-13-11-20(25)12-14-23)18(2)28(26-17)16-19-7-6-10-22(15-19)31-21-8-4-3-5-9-21/h3-15,27H,16H2,1-2H3. The van der Waals surface area contributed by atoms with Crippen LogP contribution in [-0.2, 0) is 16.6 Å². The number of para-hydroxylation sites is 1. The Kier molecular flexibility index (Phi) is 6.21. The minimum Gasteiger partial charge on any atom is -0.457 e. The first kappa shape index (κ1) is 21.9. The van der Waals surface area contributed by atoms with Gasteiger partial charge in [0.1, 0.15) is 11.5 Å². The highest BCUT2D eigenvalue weighted by atomic mass is 35.5. The zero-order valence-electron chi connectivity index (χ0n) is 17.6. The molecule has 0 aliphatic rings. The van der Waals surface area contributed by atoms with Gasteiger partial charge in [-0.15, -0.1) is 0 Å². The van der Waals surface area contributed by atoms with Gasteiger partial charge in [0.05, 0.1) is 28.5 Å². The molecule has 4 aromatic rings. The smallest absolute Gasteiger partial charge is 0.262 e. The lowest BCUT2D eigenvalue weighted by molar-refractivity contribution is 0.481. The van der Waals surface area contributed by atoms with Crippen LogP contribution in [0.5, 0.6) is 11.5 Å². The number of anilines is 1. The Morgan fingerprint density at radius 1 is 0.938 bits per heavy atom. The highest BCUT2D eigenvalue weighted by molar-refractivity contribution is 7.92. The zero-order valence-corrected chi connectivity index (χ0v) is 19.2. The lowest BCUT2D eigenvalue weighted by atomic mass is 10.2. The molecule has 0 aliphatic heterocycles. The van der Waals surface area contributed by atoms with Gasteiger partial charge in [-0.25, -0.2) is 8.42 Å². The van der Waals surface area contributed by atoms with E-state index in [2.05, 4.69) is 9.82 Å². The molecule has 0 amide bonds. The normalized spacial score (nSPS) is 11.3. The fraction of sp³-hybridized carbons (Fsp3) is 0.125. The number of nitrogens with zero attached hydrogens (tertiary/aromatic N) is 2. The summed E-state index contributed by atoms with van der Waals surface area (Å²) in [6.45, 7) is 4.09. The van der Waals surface area contributed by atoms with E-state index in [0.29, 0.717) is 22.9 Å². The second-order valence-electron chi connectivity index (χ2n) is 7.33. The van der Waals surface area contributed by atoms with Gasteiger partial charge in [0.25, 0.3) is 10.0 Å². The maximum Gasteiger partial charge on any atom is 0.262 e. The molecule has 0 saturated carbocycles. The summed E-state index contributed by atoms with van der Waals surface area (Å²) in [5.74, 6) is 1.48. The van der Waals surface area contributed by atoms with Crippen LogP contribution in [0.2, 0.25) is 5.02 Å². The van der Waals surface area contributed by atoms with Crippen LogP contribution in [0.4, 0.5) is 5.69 Å². The number of hydrogen-bond donors (Lipinski definition) is 1. The van der Waals surface area contributed by atoms with E-state index in [1.54, 1.807) is 23.7 Å². The molecule has 8 heteroatoms. The number of halogens is 1. The summed E-state index contributed by atoms with van der Waals surface area (Å²) >= 11 is 5.87. The first-order chi connectivity index (χ1) is 15.3. The summed E-state index contributed by atoms with van der Waals surface area (Å²) in [5.41, 5.74) is 2.76. The van der Waals surface area contributed by atoms with Crippen molar-refractivity contribution in [2.24, 2.45) is 0 Å². The largest absolute Gasteiger partial charge is 0.457 e. The number of sulfonamides is 1. The molecule has 1 aromatic heterocycles. The van der Waals surface area contributed by atoms with Crippen molar-refractivity contribution in [2.45, 2.75) is 25.3 Å². The van der Waals surface area contributed by atoms with Crippen molar-refractivity contribution >= 4 is 27.3 Å². The maximum absolute atomic E-state index is 12.8. The van der Waals surface area contributed by atoms with Gasteiger partial charge < -0.3 is 4.74 Å². The number of ether oxygens (including phenoxy) is 1. The van der Waals surface area contributed by atoms with Gasteiger partial charge in [-0.1, -0.05) is 41.9 Å². The van der Waals surface area contributed by atoms with Crippen molar-refractivity contribution in [2.75, 3.05) is 4.72 Å². The summed E-state index contributed by atoms with van der Waals surface area (Å²) in [6.07, 6.45) is 0. The molecule has 0 unspecified atom stereocenters. The van der Waals surface area contributed by atoms with Crippen LogP contribution in [0.15, 0.2) is 83.8 Å². The third kappa shape index (κ3) is 4.95. The fourth-order valence-electron chi connectivity index (χ4n) is 3.31. The number of nitrogens with one attached hydrogen (secondary N) is 1. The van der Waals surface area contributed by atoms with Gasteiger partial charge in [0.15, 0.2) is 0 Å². The van der Waals surface area contributed by atoms with Crippen LogP contribution in [0, 0.1) is 13.8 Å². The molecule has 0 radical (unpaired) electrons. The third-order valence-corrected chi connectivity index (χ3v) is 6.57. The molecule has 4 rings (SSSR count). The first-order valence-corrected chi connectivity index (χ1v) is 11.8. The van der Waals surface area contributed by atoms with Gasteiger partial charge in [-0.3, -0.25) is 9.40 Å². The number of benzene rings is 3.